The van der Waals surface area contributed by atoms with Gasteiger partial charge >= 0.3 is 0 Å². The number of hydrogen-bond donors (Lipinski definition) is 2. The first-order chi connectivity index (χ1) is 17.5. The van der Waals surface area contributed by atoms with Gasteiger partial charge in [0.1, 0.15) is 0 Å². The summed E-state index contributed by atoms with van der Waals surface area (Å²) in [4.78, 5) is 22.2. The van der Waals surface area contributed by atoms with Crippen molar-refractivity contribution in [3.8, 4) is 0 Å². The Morgan fingerprint density at radius 3 is 2.28 bits per heavy atom. The summed E-state index contributed by atoms with van der Waals surface area (Å²) >= 11 is 0. The number of amides is 1. The number of carbonyl (C=O) groups is 1. The number of nitrogens with two attached hydrogens (primary N) is 1. The predicted octanol–water partition coefficient (Wildman–Crippen LogP) is 4.82. The van der Waals surface area contributed by atoms with Crippen LogP contribution in [0.1, 0.15) is 10.4 Å². The Balaban J connectivity index is 1.35. The van der Waals surface area contributed by atoms with E-state index in [1.807, 2.05) is 91.9 Å². The predicted molar refractivity (Wildman–Crippen MR) is 144 cm³/mol. The second-order valence-electron chi connectivity index (χ2n) is 8.55. The first-order valence-corrected chi connectivity index (χ1v) is 11.5. The van der Waals surface area contributed by atoms with Gasteiger partial charge in [0, 0.05) is 49.2 Å². The van der Waals surface area contributed by atoms with Crippen LogP contribution in [0, 0.1) is 0 Å². The number of para-hydroxylation sites is 1. The standard InChI is InChI=1S/C29H26N6O/c1-34-16-13-22(14-17-34)31-21-9-7-20(8-10-21)29(36)33-27-12-11-23(19-25(27)30)32-26-15-18-35(2)28-6-4-3-5-24(26)28/h3-19H,30H2,1-2H3,(H,33,36). The highest BCUT2D eigenvalue weighted by Crippen LogP contribution is 2.25. The van der Waals surface area contributed by atoms with Crippen molar-refractivity contribution in [2.45, 2.75) is 0 Å². The highest BCUT2D eigenvalue weighted by molar-refractivity contribution is 6.06. The molecule has 0 saturated heterocycles. The van der Waals surface area contributed by atoms with E-state index < -0.39 is 0 Å². The lowest BCUT2D eigenvalue weighted by Gasteiger charge is -2.09. The zero-order valence-electron chi connectivity index (χ0n) is 20.1. The maximum atomic E-state index is 12.8. The number of aromatic nitrogens is 2. The number of carbonyl (C=O) groups excluding carboxylic acids is 1. The van der Waals surface area contributed by atoms with Gasteiger partial charge in [0.15, 0.2) is 0 Å². The van der Waals surface area contributed by atoms with E-state index in [-0.39, 0.29) is 5.91 Å². The van der Waals surface area contributed by atoms with Crippen LogP contribution in [-0.4, -0.2) is 15.0 Å². The number of hydrogen-bond acceptors (Lipinski definition) is 4. The van der Waals surface area contributed by atoms with Gasteiger partial charge in [-0.15, -0.1) is 0 Å². The summed E-state index contributed by atoms with van der Waals surface area (Å²) in [5.41, 5.74) is 10.3. The SMILES string of the molecule is Cn1ccc(=Nc2ccc(C(=O)Nc3ccc(N=c4ccn(C)c5ccccc45)cc3N)cc2)cc1. The third-order valence-corrected chi connectivity index (χ3v) is 5.90. The van der Waals surface area contributed by atoms with Crippen molar-refractivity contribution in [3.05, 3.63) is 120 Å². The minimum atomic E-state index is -0.244. The second kappa shape index (κ2) is 9.76. The molecule has 3 aromatic carbocycles. The van der Waals surface area contributed by atoms with Gasteiger partial charge in [-0.1, -0.05) is 18.2 Å². The Morgan fingerprint density at radius 1 is 0.806 bits per heavy atom. The van der Waals surface area contributed by atoms with Crippen LogP contribution in [-0.2, 0) is 14.1 Å². The molecule has 0 aliphatic heterocycles. The fraction of sp³-hybridized carbons (Fsp3) is 0.0690. The summed E-state index contributed by atoms with van der Waals surface area (Å²) in [7, 11) is 3.96. The molecule has 0 unspecified atom stereocenters. The van der Waals surface area contributed by atoms with Crippen LogP contribution < -0.4 is 21.8 Å². The fourth-order valence-electron chi connectivity index (χ4n) is 3.92. The number of aryl methyl sites for hydroxylation is 2. The van der Waals surface area contributed by atoms with Crippen LogP contribution in [0.5, 0.6) is 0 Å². The summed E-state index contributed by atoms with van der Waals surface area (Å²) in [5.74, 6) is -0.244. The molecule has 2 aromatic heterocycles. The van der Waals surface area contributed by atoms with Gasteiger partial charge in [-0.2, -0.15) is 0 Å². The topological polar surface area (TPSA) is 89.7 Å². The number of nitrogen functional groups attached to an aromatic ring is 1. The zero-order chi connectivity index (χ0) is 25.1. The van der Waals surface area contributed by atoms with Crippen LogP contribution in [0.15, 0.2) is 114 Å². The van der Waals surface area contributed by atoms with E-state index in [1.54, 1.807) is 24.3 Å². The number of nitrogens with zero attached hydrogens (tertiary/aromatic N) is 4. The smallest absolute Gasteiger partial charge is 0.255 e. The minimum Gasteiger partial charge on any atom is -0.397 e. The molecule has 0 radical (unpaired) electrons. The van der Waals surface area contributed by atoms with Gasteiger partial charge < -0.3 is 20.2 Å². The maximum absolute atomic E-state index is 12.8. The quantitative estimate of drug-likeness (QED) is 0.366. The van der Waals surface area contributed by atoms with Gasteiger partial charge in [-0.3, -0.25) is 4.79 Å². The summed E-state index contributed by atoms with van der Waals surface area (Å²) in [6.07, 6.45) is 5.86. The molecule has 178 valence electrons. The molecule has 0 atom stereocenters. The third-order valence-electron chi connectivity index (χ3n) is 5.90. The van der Waals surface area contributed by atoms with Gasteiger partial charge in [-0.05, 0) is 66.7 Å². The molecule has 1 amide bonds. The molecule has 7 nitrogen and oxygen atoms in total. The molecule has 7 heteroatoms. The lowest BCUT2D eigenvalue weighted by molar-refractivity contribution is 0.102. The van der Waals surface area contributed by atoms with E-state index in [4.69, 9.17) is 10.7 Å². The summed E-state index contributed by atoms with van der Waals surface area (Å²) in [5, 5.41) is 5.64. The molecule has 0 aliphatic rings. The molecule has 36 heavy (non-hydrogen) atoms. The number of pyridine rings is 2. The highest BCUT2D eigenvalue weighted by Gasteiger charge is 2.09. The van der Waals surface area contributed by atoms with Crippen molar-refractivity contribution in [2.24, 2.45) is 24.1 Å². The van der Waals surface area contributed by atoms with Crippen molar-refractivity contribution in [3.63, 3.8) is 0 Å². The molecule has 0 bridgehead atoms. The molecule has 3 N–H and O–H groups in total. The molecule has 5 rings (SSSR count). The summed E-state index contributed by atoms with van der Waals surface area (Å²) in [6.45, 7) is 0. The first kappa shape index (κ1) is 22.9. The molecule has 2 heterocycles. The first-order valence-electron chi connectivity index (χ1n) is 11.5. The van der Waals surface area contributed by atoms with Crippen LogP contribution in [0.3, 0.4) is 0 Å². The number of rotatable bonds is 4. The van der Waals surface area contributed by atoms with E-state index in [2.05, 4.69) is 20.9 Å². The average Bonchev–Trinajstić information content (AvgIpc) is 2.89. The number of benzene rings is 3. The lowest BCUT2D eigenvalue weighted by Crippen LogP contribution is -2.13. The fourth-order valence-corrected chi connectivity index (χ4v) is 3.92. The van der Waals surface area contributed by atoms with Crippen molar-refractivity contribution >= 4 is 39.6 Å². The highest BCUT2D eigenvalue weighted by atomic mass is 16.1. The van der Waals surface area contributed by atoms with E-state index in [9.17, 15) is 4.79 Å². The molecule has 5 aromatic rings. The Morgan fingerprint density at radius 2 is 1.53 bits per heavy atom. The van der Waals surface area contributed by atoms with Crippen LogP contribution in [0.25, 0.3) is 10.9 Å². The van der Waals surface area contributed by atoms with Gasteiger partial charge in [0.05, 0.1) is 33.5 Å². The van der Waals surface area contributed by atoms with Crippen LogP contribution >= 0.6 is 0 Å². The Kier molecular flexibility index (Phi) is 6.19. The van der Waals surface area contributed by atoms with E-state index in [0.717, 1.165) is 27.3 Å². The van der Waals surface area contributed by atoms with E-state index >= 15 is 0 Å². The molecule has 0 saturated carbocycles. The molecule has 0 aliphatic carbocycles. The largest absolute Gasteiger partial charge is 0.397 e. The number of fused-ring (bicyclic) bond motifs is 1. The van der Waals surface area contributed by atoms with Crippen molar-refractivity contribution in [1.29, 1.82) is 0 Å². The summed E-state index contributed by atoms with van der Waals surface area (Å²) in [6, 6.07) is 26.5. The Labute approximate surface area is 208 Å². The maximum Gasteiger partial charge on any atom is 0.255 e. The van der Waals surface area contributed by atoms with E-state index in [1.165, 1.54) is 0 Å². The number of anilines is 2. The normalized spacial score (nSPS) is 11.4. The van der Waals surface area contributed by atoms with Crippen LogP contribution in [0.4, 0.5) is 22.7 Å². The van der Waals surface area contributed by atoms with Gasteiger partial charge in [-0.25, -0.2) is 9.98 Å². The number of nitrogens with one attached hydrogen (secondary N) is 1. The molecule has 0 spiro atoms. The summed E-state index contributed by atoms with van der Waals surface area (Å²) < 4.78 is 4.01. The van der Waals surface area contributed by atoms with Gasteiger partial charge in [0.2, 0.25) is 0 Å². The Hall–Kier alpha value is -4.91. The second-order valence-corrected chi connectivity index (χ2v) is 8.55. The van der Waals surface area contributed by atoms with Gasteiger partial charge in [0.25, 0.3) is 5.91 Å². The third kappa shape index (κ3) is 4.95. The minimum absolute atomic E-state index is 0.244. The molecule has 0 fully saturated rings. The van der Waals surface area contributed by atoms with E-state index in [0.29, 0.717) is 22.6 Å². The lowest BCUT2D eigenvalue weighted by atomic mass is 10.1. The van der Waals surface area contributed by atoms with Crippen molar-refractivity contribution in [1.82, 2.24) is 9.13 Å². The molecular weight excluding hydrogens is 448 g/mol. The zero-order valence-corrected chi connectivity index (χ0v) is 20.1. The molecular formula is C29H26N6O. The average molecular weight is 475 g/mol. The van der Waals surface area contributed by atoms with Crippen molar-refractivity contribution < 1.29 is 4.79 Å². The Bertz CT molecular complexity index is 1690. The van der Waals surface area contributed by atoms with Crippen LogP contribution in [0.2, 0.25) is 0 Å². The monoisotopic (exact) mass is 474 g/mol. The van der Waals surface area contributed by atoms with Crippen molar-refractivity contribution in [2.75, 3.05) is 11.1 Å².